The van der Waals surface area contributed by atoms with Crippen molar-refractivity contribution in [3.63, 3.8) is 0 Å². The molecule has 0 amide bonds. The summed E-state index contributed by atoms with van der Waals surface area (Å²) >= 11 is 2.05. The Morgan fingerprint density at radius 2 is 1.75 bits per heavy atom. The van der Waals surface area contributed by atoms with E-state index in [9.17, 15) is 0 Å². The standard InChI is InChI=1S/C18H23NS/c1-20-18(11-5-2-6-12-18)14-19-17-10-9-15-7-3-4-8-16(15)13-17/h3-4,7-10,13,19H,2,5-6,11-12,14H2,1H3. The lowest BCUT2D eigenvalue weighted by molar-refractivity contribution is 0.411. The molecule has 0 atom stereocenters. The average molecular weight is 285 g/mol. The quantitative estimate of drug-likeness (QED) is 0.816. The summed E-state index contributed by atoms with van der Waals surface area (Å²) in [6, 6.07) is 15.3. The van der Waals surface area contributed by atoms with E-state index < -0.39 is 0 Å². The number of fused-ring (bicyclic) bond motifs is 1. The Balaban J connectivity index is 1.72. The van der Waals surface area contributed by atoms with E-state index in [4.69, 9.17) is 0 Å². The number of thioether (sulfide) groups is 1. The molecule has 0 heterocycles. The van der Waals surface area contributed by atoms with E-state index in [0.29, 0.717) is 4.75 Å². The van der Waals surface area contributed by atoms with Gasteiger partial charge in [0.25, 0.3) is 0 Å². The van der Waals surface area contributed by atoms with Crippen molar-refractivity contribution in [1.82, 2.24) is 0 Å². The van der Waals surface area contributed by atoms with Crippen LogP contribution in [0.15, 0.2) is 42.5 Å². The van der Waals surface area contributed by atoms with Crippen molar-refractivity contribution in [2.45, 2.75) is 36.9 Å². The first kappa shape index (κ1) is 13.8. The van der Waals surface area contributed by atoms with Gasteiger partial charge >= 0.3 is 0 Å². The van der Waals surface area contributed by atoms with Crippen molar-refractivity contribution in [1.29, 1.82) is 0 Å². The van der Waals surface area contributed by atoms with Crippen LogP contribution in [0.5, 0.6) is 0 Å². The molecule has 106 valence electrons. The van der Waals surface area contributed by atoms with Crippen molar-refractivity contribution in [2.75, 3.05) is 18.1 Å². The van der Waals surface area contributed by atoms with Crippen LogP contribution in [0.4, 0.5) is 5.69 Å². The zero-order chi connectivity index (χ0) is 13.8. The van der Waals surface area contributed by atoms with Gasteiger partial charge in [0, 0.05) is 17.0 Å². The van der Waals surface area contributed by atoms with E-state index in [2.05, 4.69) is 65.8 Å². The second-order valence-electron chi connectivity index (χ2n) is 5.86. The normalized spacial score (nSPS) is 18.1. The van der Waals surface area contributed by atoms with Gasteiger partial charge in [-0.3, -0.25) is 0 Å². The summed E-state index contributed by atoms with van der Waals surface area (Å²) in [5.41, 5.74) is 1.25. The zero-order valence-corrected chi connectivity index (χ0v) is 13.0. The van der Waals surface area contributed by atoms with Crippen LogP contribution in [0.3, 0.4) is 0 Å². The molecule has 20 heavy (non-hydrogen) atoms. The molecular weight excluding hydrogens is 262 g/mol. The number of rotatable bonds is 4. The van der Waals surface area contributed by atoms with Crippen LogP contribution in [0.25, 0.3) is 10.8 Å². The third-order valence-corrected chi connectivity index (χ3v) is 5.98. The van der Waals surface area contributed by atoms with Gasteiger partial charge in [-0.15, -0.1) is 0 Å². The molecule has 2 aromatic rings. The van der Waals surface area contributed by atoms with Crippen LogP contribution in [0.1, 0.15) is 32.1 Å². The summed E-state index contributed by atoms with van der Waals surface area (Å²) in [7, 11) is 0. The summed E-state index contributed by atoms with van der Waals surface area (Å²) in [5.74, 6) is 0. The Morgan fingerprint density at radius 1 is 1.00 bits per heavy atom. The molecule has 1 aliphatic rings. The van der Waals surface area contributed by atoms with Crippen LogP contribution >= 0.6 is 11.8 Å². The molecule has 1 nitrogen and oxygen atoms in total. The van der Waals surface area contributed by atoms with E-state index in [-0.39, 0.29) is 0 Å². The molecule has 3 rings (SSSR count). The maximum atomic E-state index is 3.68. The fourth-order valence-corrected chi connectivity index (χ4v) is 4.13. The van der Waals surface area contributed by atoms with E-state index in [1.807, 2.05) is 0 Å². The SMILES string of the molecule is CSC1(CNc2ccc3ccccc3c2)CCCCC1. The molecular formula is C18H23NS. The smallest absolute Gasteiger partial charge is 0.0347 e. The molecule has 2 heteroatoms. The fraction of sp³-hybridized carbons (Fsp3) is 0.444. The van der Waals surface area contributed by atoms with Crippen LogP contribution in [-0.4, -0.2) is 17.5 Å². The number of hydrogen-bond acceptors (Lipinski definition) is 2. The van der Waals surface area contributed by atoms with Crippen molar-refractivity contribution in [3.8, 4) is 0 Å². The molecule has 0 radical (unpaired) electrons. The van der Waals surface area contributed by atoms with Gasteiger partial charge in [0.2, 0.25) is 0 Å². The minimum atomic E-state index is 0.448. The highest BCUT2D eigenvalue weighted by Gasteiger charge is 2.30. The lowest BCUT2D eigenvalue weighted by Crippen LogP contribution is -2.35. The summed E-state index contributed by atoms with van der Waals surface area (Å²) in [5, 5.41) is 6.31. The number of benzene rings is 2. The highest BCUT2D eigenvalue weighted by atomic mass is 32.2. The molecule has 2 aromatic carbocycles. The minimum absolute atomic E-state index is 0.448. The van der Waals surface area contributed by atoms with Crippen molar-refractivity contribution >= 4 is 28.2 Å². The molecule has 0 spiro atoms. The average Bonchev–Trinajstić information content (AvgIpc) is 2.54. The third-order valence-electron chi connectivity index (χ3n) is 4.56. The Labute approximate surface area is 126 Å². The van der Waals surface area contributed by atoms with E-state index in [1.54, 1.807) is 0 Å². The van der Waals surface area contributed by atoms with E-state index in [0.717, 1.165) is 6.54 Å². The fourth-order valence-electron chi connectivity index (χ4n) is 3.21. The molecule has 1 saturated carbocycles. The van der Waals surface area contributed by atoms with Crippen molar-refractivity contribution < 1.29 is 0 Å². The van der Waals surface area contributed by atoms with Crippen LogP contribution in [0.2, 0.25) is 0 Å². The van der Waals surface area contributed by atoms with Gasteiger partial charge in [0.1, 0.15) is 0 Å². The Bertz CT molecular complexity index is 572. The maximum Gasteiger partial charge on any atom is 0.0347 e. The van der Waals surface area contributed by atoms with Crippen LogP contribution < -0.4 is 5.32 Å². The number of nitrogens with one attached hydrogen (secondary N) is 1. The first-order chi connectivity index (χ1) is 9.81. The van der Waals surface area contributed by atoms with Gasteiger partial charge in [-0.05, 0) is 42.0 Å². The third kappa shape index (κ3) is 2.95. The molecule has 0 saturated heterocycles. The number of hydrogen-bond donors (Lipinski definition) is 1. The molecule has 1 fully saturated rings. The van der Waals surface area contributed by atoms with E-state index >= 15 is 0 Å². The molecule has 1 N–H and O–H groups in total. The topological polar surface area (TPSA) is 12.0 Å². The first-order valence-corrected chi connectivity index (χ1v) is 8.82. The van der Waals surface area contributed by atoms with Gasteiger partial charge in [0.05, 0.1) is 0 Å². The predicted molar refractivity (Wildman–Crippen MR) is 91.8 cm³/mol. The summed E-state index contributed by atoms with van der Waals surface area (Å²) in [4.78, 5) is 0. The van der Waals surface area contributed by atoms with Crippen molar-refractivity contribution in [2.24, 2.45) is 0 Å². The first-order valence-electron chi connectivity index (χ1n) is 7.59. The second-order valence-corrected chi connectivity index (χ2v) is 7.14. The molecule has 0 aromatic heterocycles. The lowest BCUT2D eigenvalue weighted by Gasteiger charge is -2.36. The van der Waals surface area contributed by atoms with Gasteiger partial charge < -0.3 is 5.32 Å². The maximum absolute atomic E-state index is 3.68. The Morgan fingerprint density at radius 3 is 2.50 bits per heavy atom. The molecule has 1 aliphatic carbocycles. The molecule has 0 bridgehead atoms. The van der Waals surface area contributed by atoms with Gasteiger partial charge in [-0.25, -0.2) is 0 Å². The largest absolute Gasteiger partial charge is 0.384 e. The predicted octanol–water partition coefficient (Wildman–Crippen LogP) is 5.32. The van der Waals surface area contributed by atoms with Gasteiger partial charge in [0.15, 0.2) is 0 Å². The monoisotopic (exact) mass is 285 g/mol. The zero-order valence-electron chi connectivity index (χ0n) is 12.2. The van der Waals surface area contributed by atoms with Crippen molar-refractivity contribution in [3.05, 3.63) is 42.5 Å². The summed E-state index contributed by atoms with van der Waals surface area (Å²) in [6.07, 6.45) is 9.18. The van der Waals surface area contributed by atoms with E-state index in [1.165, 1.54) is 48.6 Å². The summed E-state index contributed by atoms with van der Waals surface area (Å²) in [6.45, 7) is 1.09. The second kappa shape index (κ2) is 6.09. The Hall–Kier alpha value is -1.15. The number of anilines is 1. The highest BCUT2D eigenvalue weighted by molar-refractivity contribution is 8.00. The molecule has 0 unspecified atom stereocenters. The highest BCUT2D eigenvalue weighted by Crippen LogP contribution is 2.38. The Kier molecular flexibility index (Phi) is 4.21. The molecule has 0 aliphatic heterocycles. The lowest BCUT2D eigenvalue weighted by atomic mass is 9.88. The van der Waals surface area contributed by atoms with Crippen LogP contribution in [0, 0.1) is 0 Å². The van der Waals surface area contributed by atoms with Gasteiger partial charge in [-0.1, -0.05) is 49.6 Å². The van der Waals surface area contributed by atoms with Crippen LogP contribution in [-0.2, 0) is 0 Å². The van der Waals surface area contributed by atoms with Gasteiger partial charge in [-0.2, -0.15) is 11.8 Å². The summed E-state index contributed by atoms with van der Waals surface area (Å²) < 4.78 is 0.448. The minimum Gasteiger partial charge on any atom is -0.384 e.